The summed E-state index contributed by atoms with van der Waals surface area (Å²) < 4.78 is 13.6. The van der Waals surface area contributed by atoms with Crippen LogP contribution in [0.4, 0.5) is 10.1 Å². The summed E-state index contributed by atoms with van der Waals surface area (Å²) in [4.78, 5) is 12.4. The van der Waals surface area contributed by atoms with Gasteiger partial charge in [0.05, 0.1) is 5.69 Å². The van der Waals surface area contributed by atoms with E-state index in [2.05, 4.69) is 35.1 Å². The molecule has 4 heteroatoms. The second kappa shape index (κ2) is 5.61. The molecule has 2 nitrogen and oxygen atoms in total. The predicted octanol–water partition coefficient (Wildman–Crippen LogP) is 4.74. The molecule has 1 aromatic carbocycles. The zero-order valence-corrected chi connectivity index (χ0v) is 12.9. The summed E-state index contributed by atoms with van der Waals surface area (Å²) in [5.41, 5.74) is 0.669. The molecular formula is C15H19BrFNO. The Labute approximate surface area is 121 Å². The largest absolute Gasteiger partial charge is 0.325 e. The number of benzene rings is 1. The molecule has 0 spiro atoms. The van der Waals surface area contributed by atoms with Crippen molar-refractivity contribution < 1.29 is 9.18 Å². The van der Waals surface area contributed by atoms with Gasteiger partial charge in [0.25, 0.3) is 0 Å². The Kier molecular flexibility index (Phi) is 4.29. The van der Waals surface area contributed by atoms with Crippen LogP contribution in [-0.2, 0) is 4.79 Å². The number of halogens is 2. The molecule has 104 valence electrons. The van der Waals surface area contributed by atoms with E-state index in [1.165, 1.54) is 18.6 Å². The van der Waals surface area contributed by atoms with E-state index in [-0.39, 0.29) is 23.1 Å². The third-order valence-corrected chi connectivity index (χ3v) is 4.67. The molecule has 1 fully saturated rings. The number of carbonyl (C=O) groups is 1. The van der Waals surface area contributed by atoms with Crippen LogP contribution in [-0.4, -0.2) is 5.91 Å². The molecule has 0 saturated heterocycles. The maximum absolute atomic E-state index is 13.0. The maximum Gasteiger partial charge on any atom is 0.228 e. The Morgan fingerprint density at radius 3 is 2.79 bits per heavy atom. The molecule has 1 aliphatic rings. The summed E-state index contributed by atoms with van der Waals surface area (Å²) in [7, 11) is 0. The average Bonchev–Trinajstić information content (AvgIpc) is 2.32. The van der Waals surface area contributed by atoms with Crippen LogP contribution in [0, 0.1) is 17.2 Å². The molecule has 1 atom stereocenters. The summed E-state index contributed by atoms with van der Waals surface area (Å²) >= 11 is 3.27. The monoisotopic (exact) mass is 327 g/mol. The highest BCUT2D eigenvalue weighted by Gasteiger charge is 2.37. The van der Waals surface area contributed by atoms with Crippen molar-refractivity contribution >= 4 is 27.5 Å². The van der Waals surface area contributed by atoms with Gasteiger partial charge in [0.15, 0.2) is 0 Å². The quantitative estimate of drug-likeness (QED) is 0.834. The molecule has 0 heterocycles. The lowest BCUT2D eigenvalue weighted by Gasteiger charge is -2.37. The molecule has 1 aromatic rings. The molecule has 0 bridgehead atoms. The Morgan fingerprint density at radius 2 is 2.16 bits per heavy atom. The third kappa shape index (κ3) is 3.35. The Hall–Kier alpha value is -0.900. The average molecular weight is 328 g/mol. The summed E-state index contributed by atoms with van der Waals surface area (Å²) in [5.74, 6) is -0.252. The zero-order valence-electron chi connectivity index (χ0n) is 11.3. The highest BCUT2D eigenvalue weighted by atomic mass is 79.9. The van der Waals surface area contributed by atoms with Crippen LogP contribution in [0.25, 0.3) is 0 Å². The fraction of sp³-hybridized carbons (Fsp3) is 0.533. The van der Waals surface area contributed by atoms with E-state index in [1.807, 2.05) is 0 Å². The van der Waals surface area contributed by atoms with Crippen molar-refractivity contribution in [2.45, 2.75) is 39.5 Å². The second-order valence-electron chi connectivity index (χ2n) is 5.90. The normalized spacial score (nSPS) is 22.0. The third-order valence-electron chi connectivity index (χ3n) is 4.01. The zero-order chi connectivity index (χ0) is 14.0. The molecule has 2 rings (SSSR count). The maximum atomic E-state index is 13.0. The predicted molar refractivity (Wildman–Crippen MR) is 78.5 cm³/mol. The fourth-order valence-electron chi connectivity index (χ4n) is 2.79. The van der Waals surface area contributed by atoms with E-state index < -0.39 is 0 Å². The van der Waals surface area contributed by atoms with Crippen molar-refractivity contribution in [2.75, 3.05) is 5.32 Å². The van der Waals surface area contributed by atoms with E-state index in [4.69, 9.17) is 0 Å². The summed E-state index contributed by atoms with van der Waals surface area (Å²) in [6.45, 7) is 4.30. The lowest BCUT2D eigenvalue weighted by atomic mass is 9.68. The highest BCUT2D eigenvalue weighted by Crippen LogP contribution is 2.41. The number of carbonyl (C=O) groups excluding carboxylic acids is 1. The van der Waals surface area contributed by atoms with Gasteiger partial charge in [0, 0.05) is 10.4 Å². The molecular weight excluding hydrogens is 309 g/mol. The first-order chi connectivity index (χ1) is 8.90. The van der Waals surface area contributed by atoms with Gasteiger partial charge in [-0.05, 0) is 52.4 Å². The summed E-state index contributed by atoms with van der Waals surface area (Å²) in [6, 6.07) is 4.31. The molecule has 0 radical (unpaired) electrons. The first-order valence-electron chi connectivity index (χ1n) is 6.66. The molecule has 1 saturated carbocycles. The molecule has 1 aliphatic carbocycles. The summed E-state index contributed by atoms with van der Waals surface area (Å²) in [5, 5.41) is 2.91. The molecule has 19 heavy (non-hydrogen) atoms. The summed E-state index contributed by atoms with van der Waals surface area (Å²) in [6.07, 6.45) is 4.30. The van der Waals surface area contributed by atoms with Crippen molar-refractivity contribution in [1.82, 2.24) is 0 Å². The number of hydrogen-bond acceptors (Lipinski definition) is 1. The SMILES string of the molecule is CC1(C)CCCCC1C(=O)Nc1ccc(F)cc1Br. The van der Waals surface area contributed by atoms with E-state index in [0.717, 1.165) is 19.3 Å². The fourth-order valence-corrected chi connectivity index (χ4v) is 3.24. The molecule has 1 amide bonds. The number of hydrogen-bond donors (Lipinski definition) is 1. The Bertz CT molecular complexity index is 487. The number of anilines is 1. The molecule has 0 aliphatic heterocycles. The molecule has 0 aromatic heterocycles. The van der Waals surface area contributed by atoms with E-state index in [1.54, 1.807) is 6.07 Å². The van der Waals surface area contributed by atoms with Gasteiger partial charge in [-0.3, -0.25) is 4.79 Å². The molecule has 1 unspecified atom stereocenters. The van der Waals surface area contributed by atoms with E-state index >= 15 is 0 Å². The van der Waals surface area contributed by atoms with Crippen molar-refractivity contribution in [3.63, 3.8) is 0 Å². The van der Waals surface area contributed by atoms with Crippen LogP contribution in [0.2, 0.25) is 0 Å². The molecule has 1 N–H and O–H groups in total. The van der Waals surface area contributed by atoms with Crippen molar-refractivity contribution in [3.05, 3.63) is 28.5 Å². The van der Waals surface area contributed by atoms with Gasteiger partial charge in [-0.15, -0.1) is 0 Å². The lowest BCUT2D eigenvalue weighted by molar-refractivity contribution is -0.124. The van der Waals surface area contributed by atoms with Crippen molar-refractivity contribution in [3.8, 4) is 0 Å². The van der Waals surface area contributed by atoms with Crippen LogP contribution >= 0.6 is 15.9 Å². The van der Waals surface area contributed by atoms with E-state index in [0.29, 0.717) is 10.2 Å². The van der Waals surface area contributed by atoms with Crippen molar-refractivity contribution in [1.29, 1.82) is 0 Å². The van der Waals surface area contributed by atoms with Gasteiger partial charge >= 0.3 is 0 Å². The Morgan fingerprint density at radius 1 is 1.42 bits per heavy atom. The van der Waals surface area contributed by atoms with E-state index in [9.17, 15) is 9.18 Å². The minimum absolute atomic E-state index is 0.0261. The van der Waals surface area contributed by atoms with Gasteiger partial charge in [-0.1, -0.05) is 26.7 Å². The van der Waals surface area contributed by atoms with Gasteiger partial charge < -0.3 is 5.32 Å². The standard InChI is InChI=1S/C15H19BrFNO/c1-15(2)8-4-3-5-11(15)14(19)18-13-7-6-10(17)9-12(13)16/h6-7,9,11H,3-5,8H2,1-2H3,(H,18,19). The van der Waals surface area contributed by atoms with Gasteiger partial charge in [0.1, 0.15) is 5.82 Å². The topological polar surface area (TPSA) is 29.1 Å². The van der Waals surface area contributed by atoms with Crippen LogP contribution in [0.5, 0.6) is 0 Å². The minimum atomic E-state index is -0.317. The van der Waals surface area contributed by atoms with Gasteiger partial charge in [-0.2, -0.15) is 0 Å². The minimum Gasteiger partial charge on any atom is -0.325 e. The van der Waals surface area contributed by atoms with Crippen LogP contribution in [0.15, 0.2) is 22.7 Å². The first kappa shape index (κ1) is 14.5. The van der Waals surface area contributed by atoms with Gasteiger partial charge in [0.2, 0.25) is 5.91 Å². The van der Waals surface area contributed by atoms with Crippen LogP contribution in [0.1, 0.15) is 39.5 Å². The second-order valence-corrected chi connectivity index (χ2v) is 6.75. The smallest absolute Gasteiger partial charge is 0.228 e. The Balaban J connectivity index is 2.12. The van der Waals surface area contributed by atoms with Crippen molar-refractivity contribution in [2.24, 2.45) is 11.3 Å². The number of amides is 1. The van der Waals surface area contributed by atoms with Crippen LogP contribution in [0.3, 0.4) is 0 Å². The highest BCUT2D eigenvalue weighted by molar-refractivity contribution is 9.10. The van der Waals surface area contributed by atoms with Gasteiger partial charge in [-0.25, -0.2) is 4.39 Å². The van der Waals surface area contributed by atoms with Crippen LogP contribution < -0.4 is 5.32 Å². The number of nitrogens with one attached hydrogen (secondary N) is 1. The first-order valence-corrected chi connectivity index (χ1v) is 7.45. The number of rotatable bonds is 2. The lowest BCUT2D eigenvalue weighted by Crippen LogP contribution is -2.37.